The maximum absolute atomic E-state index is 13.1. The zero-order valence-electron chi connectivity index (χ0n) is 18.6. The third-order valence-corrected chi connectivity index (χ3v) is 5.13. The average molecular weight is 510 g/mol. The SMILES string of the molecule is C[C@@H](COCCCN1CCC(Oc2ncc(C(F)(F)F)cn2)C1)Nc1cn[nH]c(=O)c1C(F)(F)F. The maximum Gasteiger partial charge on any atom is 0.423 e. The zero-order valence-corrected chi connectivity index (χ0v) is 18.6. The molecule has 0 aromatic carbocycles. The van der Waals surface area contributed by atoms with E-state index in [2.05, 4.69) is 25.3 Å². The van der Waals surface area contributed by atoms with Crippen molar-refractivity contribution < 1.29 is 35.8 Å². The molecule has 0 aliphatic carbocycles. The van der Waals surface area contributed by atoms with Gasteiger partial charge in [0.05, 0.1) is 24.1 Å². The van der Waals surface area contributed by atoms with E-state index in [1.807, 2.05) is 0 Å². The van der Waals surface area contributed by atoms with Crippen molar-refractivity contribution in [3.8, 4) is 6.01 Å². The lowest BCUT2D eigenvalue weighted by Gasteiger charge is -2.19. The van der Waals surface area contributed by atoms with E-state index in [-0.39, 0.29) is 18.7 Å². The van der Waals surface area contributed by atoms with Gasteiger partial charge in [0, 0.05) is 44.7 Å². The van der Waals surface area contributed by atoms with Gasteiger partial charge in [0.15, 0.2) is 0 Å². The first-order valence-corrected chi connectivity index (χ1v) is 10.7. The van der Waals surface area contributed by atoms with Gasteiger partial charge < -0.3 is 14.8 Å². The lowest BCUT2D eigenvalue weighted by atomic mass is 10.2. The summed E-state index contributed by atoms with van der Waals surface area (Å²) >= 11 is 0. The second kappa shape index (κ2) is 11.2. The molecule has 1 fully saturated rings. The van der Waals surface area contributed by atoms with Crippen molar-refractivity contribution in [2.75, 3.05) is 38.2 Å². The monoisotopic (exact) mass is 510 g/mol. The Morgan fingerprint density at radius 3 is 2.54 bits per heavy atom. The molecule has 35 heavy (non-hydrogen) atoms. The lowest BCUT2D eigenvalue weighted by Crippen LogP contribution is -2.29. The molecule has 0 radical (unpaired) electrons. The average Bonchev–Trinajstić information content (AvgIpc) is 3.19. The third kappa shape index (κ3) is 7.78. The number of hydrogen-bond donors (Lipinski definition) is 2. The van der Waals surface area contributed by atoms with E-state index in [4.69, 9.17) is 9.47 Å². The molecule has 194 valence electrons. The highest BCUT2D eigenvalue weighted by atomic mass is 19.4. The minimum atomic E-state index is -4.82. The molecule has 1 unspecified atom stereocenters. The number of aromatic nitrogens is 4. The summed E-state index contributed by atoms with van der Waals surface area (Å²) in [5.74, 6) is 0. The fourth-order valence-corrected chi connectivity index (χ4v) is 3.52. The third-order valence-electron chi connectivity index (χ3n) is 5.13. The van der Waals surface area contributed by atoms with E-state index >= 15 is 0 Å². The first-order valence-electron chi connectivity index (χ1n) is 10.7. The fourth-order valence-electron chi connectivity index (χ4n) is 3.52. The van der Waals surface area contributed by atoms with E-state index in [9.17, 15) is 31.1 Å². The number of aromatic amines is 1. The van der Waals surface area contributed by atoms with Crippen LogP contribution in [0.1, 0.15) is 30.9 Å². The molecule has 2 aromatic rings. The Labute approximate surface area is 195 Å². The first kappa shape index (κ1) is 26.7. The molecule has 0 amide bonds. The van der Waals surface area contributed by atoms with E-state index < -0.39 is 40.8 Å². The minimum absolute atomic E-state index is 0.112. The molecule has 1 aliphatic heterocycles. The second-order valence-electron chi connectivity index (χ2n) is 8.04. The summed E-state index contributed by atoms with van der Waals surface area (Å²) in [5, 5.41) is 7.78. The summed E-state index contributed by atoms with van der Waals surface area (Å²) in [6.07, 6.45) is -6.01. The van der Waals surface area contributed by atoms with Gasteiger partial charge in [-0.3, -0.25) is 9.69 Å². The van der Waals surface area contributed by atoms with Crippen LogP contribution < -0.4 is 15.6 Å². The molecule has 1 aliphatic rings. The largest absolute Gasteiger partial charge is 0.459 e. The van der Waals surface area contributed by atoms with Crippen molar-refractivity contribution in [2.45, 2.75) is 44.3 Å². The molecule has 0 bridgehead atoms. The van der Waals surface area contributed by atoms with E-state index in [0.717, 1.165) is 12.7 Å². The Balaban J connectivity index is 1.34. The van der Waals surface area contributed by atoms with Gasteiger partial charge in [-0.05, 0) is 19.8 Å². The Bertz CT molecular complexity index is 1010. The lowest BCUT2D eigenvalue weighted by molar-refractivity contribution is -0.139. The van der Waals surface area contributed by atoms with Gasteiger partial charge in [0.25, 0.3) is 5.56 Å². The number of ether oxygens (including phenoxy) is 2. The van der Waals surface area contributed by atoms with Crippen LogP contribution in [0.4, 0.5) is 32.0 Å². The van der Waals surface area contributed by atoms with Crippen LogP contribution in [0.25, 0.3) is 0 Å². The highest BCUT2D eigenvalue weighted by molar-refractivity contribution is 5.50. The Morgan fingerprint density at radius 1 is 1.17 bits per heavy atom. The molecule has 9 nitrogen and oxygen atoms in total. The Hall–Kier alpha value is -2.94. The quantitative estimate of drug-likeness (QED) is 0.372. The van der Waals surface area contributed by atoms with Gasteiger partial charge in [-0.1, -0.05) is 0 Å². The number of likely N-dealkylation sites (tertiary alicyclic amines) is 1. The first-order chi connectivity index (χ1) is 16.4. The van der Waals surface area contributed by atoms with Crippen molar-refractivity contribution in [3.05, 3.63) is 40.1 Å². The second-order valence-corrected chi connectivity index (χ2v) is 8.04. The van der Waals surface area contributed by atoms with Crippen LogP contribution in [-0.4, -0.2) is 70.1 Å². The summed E-state index contributed by atoms with van der Waals surface area (Å²) in [7, 11) is 0. The van der Waals surface area contributed by atoms with Crippen molar-refractivity contribution >= 4 is 5.69 Å². The smallest absolute Gasteiger partial charge is 0.423 e. The summed E-state index contributed by atoms with van der Waals surface area (Å²) in [6.45, 7) is 4.03. The summed E-state index contributed by atoms with van der Waals surface area (Å²) < 4.78 is 88.0. The summed E-state index contributed by atoms with van der Waals surface area (Å²) in [4.78, 5) is 20.8. The number of nitrogens with zero attached hydrogens (tertiary/aromatic N) is 4. The van der Waals surface area contributed by atoms with Crippen LogP contribution >= 0.6 is 0 Å². The minimum Gasteiger partial charge on any atom is -0.459 e. The summed E-state index contributed by atoms with van der Waals surface area (Å²) in [6, 6.07) is -0.619. The number of nitrogens with one attached hydrogen (secondary N) is 2. The molecule has 1 saturated heterocycles. The molecule has 0 spiro atoms. The fraction of sp³-hybridized carbons (Fsp3) is 0.600. The number of anilines is 1. The molecule has 15 heteroatoms. The topological polar surface area (TPSA) is 105 Å². The number of H-pyrrole nitrogens is 1. The number of rotatable bonds is 10. The van der Waals surface area contributed by atoms with E-state index in [1.54, 1.807) is 12.0 Å². The maximum atomic E-state index is 13.1. The molecule has 2 aromatic heterocycles. The van der Waals surface area contributed by atoms with Crippen LogP contribution in [-0.2, 0) is 17.1 Å². The van der Waals surface area contributed by atoms with Crippen LogP contribution in [0.15, 0.2) is 23.4 Å². The summed E-state index contributed by atoms with van der Waals surface area (Å²) in [5.41, 5.74) is -4.03. The molecule has 2 atom stereocenters. The van der Waals surface area contributed by atoms with Gasteiger partial charge in [-0.25, -0.2) is 15.1 Å². The van der Waals surface area contributed by atoms with Crippen LogP contribution in [0, 0.1) is 0 Å². The van der Waals surface area contributed by atoms with Crippen LogP contribution in [0.2, 0.25) is 0 Å². The van der Waals surface area contributed by atoms with Crippen LogP contribution in [0.3, 0.4) is 0 Å². The van der Waals surface area contributed by atoms with Crippen molar-refractivity contribution in [1.29, 1.82) is 0 Å². The van der Waals surface area contributed by atoms with Gasteiger partial charge >= 0.3 is 18.4 Å². The molecule has 3 heterocycles. The Kier molecular flexibility index (Phi) is 8.53. The molecular weight excluding hydrogens is 486 g/mol. The molecule has 2 N–H and O–H groups in total. The normalized spacial score (nSPS) is 18.0. The molecule has 3 rings (SSSR count). The predicted octanol–water partition coefficient (Wildman–Crippen LogP) is 2.96. The van der Waals surface area contributed by atoms with Crippen molar-refractivity contribution in [2.24, 2.45) is 0 Å². The predicted molar refractivity (Wildman–Crippen MR) is 111 cm³/mol. The van der Waals surface area contributed by atoms with E-state index in [1.165, 1.54) is 0 Å². The number of alkyl halides is 6. The number of halogens is 6. The highest BCUT2D eigenvalue weighted by Gasteiger charge is 2.37. The van der Waals surface area contributed by atoms with Crippen molar-refractivity contribution in [1.82, 2.24) is 25.1 Å². The molecular formula is C20H24F6N6O3. The van der Waals surface area contributed by atoms with Crippen LogP contribution in [0.5, 0.6) is 6.01 Å². The Morgan fingerprint density at radius 2 is 1.89 bits per heavy atom. The standard InChI is InChI=1S/C20H24F6N6O3/c1-12(30-15-9-29-31-17(33)16(15)20(24,25)26)11-34-6-2-4-32-5-3-14(10-32)35-18-27-7-13(8-28-18)19(21,22)23/h7-9,12,14H,2-6,10-11H2,1H3,(H2,30,31,33)/t12-,14?/m0/s1. The van der Waals surface area contributed by atoms with Crippen molar-refractivity contribution in [3.63, 3.8) is 0 Å². The van der Waals surface area contributed by atoms with Gasteiger partial charge in [0.2, 0.25) is 0 Å². The zero-order chi connectivity index (χ0) is 25.6. The molecule has 0 saturated carbocycles. The van der Waals surface area contributed by atoms with E-state index in [0.29, 0.717) is 44.9 Å². The van der Waals surface area contributed by atoms with Gasteiger partial charge in [-0.2, -0.15) is 31.4 Å². The highest BCUT2D eigenvalue weighted by Crippen LogP contribution is 2.31. The number of hydrogen-bond acceptors (Lipinski definition) is 8. The van der Waals surface area contributed by atoms with Gasteiger partial charge in [0.1, 0.15) is 11.7 Å². The van der Waals surface area contributed by atoms with Gasteiger partial charge in [-0.15, -0.1) is 0 Å².